The Kier molecular flexibility index (Phi) is 2.42. The van der Waals surface area contributed by atoms with E-state index in [0.717, 1.165) is 12.6 Å². The van der Waals surface area contributed by atoms with E-state index in [2.05, 4.69) is 5.32 Å². The first kappa shape index (κ1) is 10.4. The molecule has 1 saturated heterocycles. The van der Waals surface area contributed by atoms with Gasteiger partial charge in [0.05, 0.1) is 5.56 Å². The van der Waals surface area contributed by atoms with E-state index in [4.69, 9.17) is 0 Å². The van der Waals surface area contributed by atoms with E-state index in [1.54, 1.807) is 0 Å². The zero-order chi connectivity index (χ0) is 11.1. The molecule has 82 valence electrons. The maximum absolute atomic E-state index is 13.5. The van der Waals surface area contributed by atoms with Gasteiger partial charge in [0, 0.05) is 11.6 Å². The highest BCUT2D eigenvalue weighted by atomic mass is 19.4. The maximum Gasteiger partial charge on any atom is 0.419 e. The van der Waals surface area contributed by atoms with Gasteiger partial charge in [0.2, 0.25) is 0 Å². The minimum absolute atomic E-state index is 0.107. The van der Waals surface area contributed by atoms with Crippen molar-refractivity contribution in [1.82, 2.24) is 5.32 Å². The second-order valence-corrected chi connectivity index (χ2v) is 3.50. The van der Waals surface area contributed by atoms with Crippen molar-refractivity contribution in [1.29, 1.82) is 0 Å². The predicted octanol–water partition coefficient (Wildman–Crippen LogP) is 2.88. The van der Waals surface area contributed by atoms with Gasteiger partial charge in [-0.2, -0.15) is 13.2 Å². The van der Waals surface area contributed by atoms with Gasteiger partial charge in [-0.1, -0.05) is 12.1 Å². The van der Waals surface area contributed by atoms with Crippen molar-refractivity contribution in [2.45, 2.75) is 18.6 Å². The first-order valence-corrected chi connectivity index (χ1v) is 4.59. The molecule has 1 nitrogen and oxygen atoms in total. The van der Waals surface area contributed by atoms with Crippen molar-refractivity contribution < 1.29 is 17.6 Å². The van der Waals surface area contributed by atoms with Crippen molar-refractivity contribution in [3.05, 3.63) is 35.1 Å². The van der Waals surface area contributed by atoms with Gasteiger partial charge in [-0.05, 0) is 19.0 Å². The molecule has 1 N–H and O–H groups in total. The third kappa shape index (κ3) is 1.84. The highest BCUT2D eigenvalue weighted by Gasteiger charge is 2.36. The lowest BCUT2D eigenvalue weighted by molar-refractivity contribution is -0.140. The van der Waals surface area contributed by atoms with E-state index < -0.39 is 17.6 Å². The van der Waals surface area contributed by atoms with Crippen molar-refractivity contribution in [3.63, 3.8) is 0 Å². The number of halogens is 4. The molecule has 1 fully saturated rings. The van der Waals surface area contributed by atoms with Crippen molar-refractivity contribution in [2.24, 2.45) is 0 Å². The average Bonchev–Trinajstić information content (AvgIpc) is 2.03. The molecule has 1 aliphatic heterocycles. The molecule has 1 aromatic rings. The molecule has 0 bridgehead atoms. The second-order valence-electron chi connectivity index (χ2n) is 3.50. The fourth-order valence-electron chi connectivity index (χ4n) is 1.59. The van der Waals surface area contributed by atoms with E-state index in [0.29, 0.717) is 6.42 Å². The zero-order valence-electron chi connectivity index (χ0n) is 7.74. The molecule has 0 amide bonds. The third-order valence-electron chi connectivity index (χ3n) is 2.53. The normalized spacial score (nSPS) is 21.2. The predicted molar refractivity (Wildman–Crippen MR) is 46.8 cm³/mol. The summed E-state index contributed by atoms with van der Waals surface area (Å²) in [5.74, 6) is -1.15. The summed E-state index contributed by atoms with van der Waals surface area (Å²) in [6, 6.07) is 3.12. The lowest BCUT2D eigenvalue weighted by Crippen LogP contribution is -2.35. The summed E-state index contributed by atoms with van der Waals surface area (Å²) in [5, 5.41) is 2.87. The van der Waals surface area contributed by atoms with Gasteiger partial charge in [0.1, 0.15) is 5.82 Å². The molecular formula is C10H9F4N. The number of hydrogen-bond donors (Lipinski definition) is 1. The van der Waals surface area contributed by atoms with Gasteiger partial charge in [0.25, 0.3) is 0 Å². The lowest BCUT2D eigenvalue weighted by atomic mass is 9.95. The molecule has 5 heteroatoms. The van der Waals surface area contributed by atoms with Crippen LogP contribution in [0.2, 0.25) is 0 Å². The Morgan fingerprint density at radius 3 is 2.40 bits per heavy atom. The standard InChI is InChI=1S/C10H9F4N/c11-9-6(8-4-5-15-8)2-1-3-7(9)10(12,13)14/h1-3,8,15H,4-5H2/t8-/m0/s1. The van der Waals surface area contributed by atoms with Crippen LogP contribution < -0.4 is 5.32 Å². The molecule has 0 spiro atoms. The number of rotatable bonds is 1. The molecule has 0 saturated carbocycles. The number of nitrogens with one attached hydrogen (secondary N) is 1. The Morgan fingerprint density at radius 2 is 1.93 bits per heavy atom. The Labute approximate surface area is 84.1 Å². The summed E-state index contributed by atoms with van der Waals surface area (Å²) in [6.45, 7) is 0.723. The van der Waals surface area contributed by atoms with Gasteiger partial charge in [-0.15, -0.1) is 0 Å². The minimum Gasteiger partial charge on any atom is -0.310 e. The molecule has 1 atom stereocenters. The zero-order valence-corrected chi connectivity index (χ0v) is 7.74. The molecular weight excluding hydrogens is 210 g/mol. The summed E-state index contributed by atoms with van der Waals surface area (Å²) in [7, 11) is 0. The number of benzene rings is 1. The van der Waals surface area contributed by atoms with Crippen molar-refractivity contribution in [3.8, 4) is 0 Å². The van der Waals surface area contributed by atoms with Gasteiger partial charge in [-0.25, -0.2) is 4.39 Å². The van der Waals surface area contributed by atoms with Gasteiger partial charge >= 0.3 is 6.18 Å². The van der Waals surface area contributed by atoms with Crippen LogP contribution in [0, 0.1) is 5.82 Å². The van der Waals surface area contributed by atoms with E-state index in [-0.39, 0.29) is 11.6 Å². The third-order valence-corrected chi connectivity index (χ3v) is 2.53. The Hall–Kier alpha value is -1.10. The second kappa shape index (κ2) is 3.48. The summed E-state index contributed by atoms with van der Waals surface area (Å²) < 4.78 is 50.5. The lowest BCUT2D eigenvalue weighted by Gasteiger charge is -2.28. The molecule has 0 radical (unpaired) electrons. The highest BCUT2D eigenvalue weighted by Crippen LogP contribution is 2.35. The molecule has 0 aliphatic carbocycles. The van der Waals surface area contributed by atoms with Crippen LogP contribution in [0.1, 0.15) is 23.6 Å². The largest absolute Gasteiger partial charge is 0.419 e. The fourth-order valence-corrected chi connectivity index (χ4v) is 1.59. The van der Waals surface area contributed by atoms with Gasteiger partial charge in [0.15, 0.2) is 0 Å². The SMILES string of the molecule is Fc1c([C@@H]2CCN2)cccc1C(F)(F)F. The van der Waals surface area contributed by atoms with E-state index >= 15 is 0 Å². The van der Waals surface area contributed by atoms with Crippen LogP contribution in [-0.4, -0.2) is 6.54 Å². The Balaban J connectivity index is 2.41. The minimum atomic E-state index is -4.62. The van der Waals surface area contributed by atoms with Gasteiger partial charge < -0.3 is 5.32 Å². The van der Waals surface area contributed by atoms with Crippen LogP contribution in [0.4, 0.5) is 17.6 Å². The average molecular weight is 219 g/mol. The topological polar surface area (TPSA) is 12.0 Å². The molecule has 0 unspecified atom stereocenters. The van der Waals surface area contributed by atoms with Crippen LogP contribution in [0.15, 0.2) is 18.2 Å². The molecule has 1 heterocycles. The molecule has 0 aromatic heterocycles. The summed E-state index contributed by atoms with van der Waals surface area (Å²) in [4.78, 5) is 0. The van der Waals surface area contributed by atoms with Crippen LogP contribution in [0.5, 0.6) is 0 Å². The number of hydrogen-bond acceptors (Lipinski definition) is 1. The first-order valence-electron chi connectivity index (χ1n) is 4.59. The van der Waals surface area contributed by atoms with Crippen LogP contribution in [-0.2, 0) is 6.18 Å². The Bertz CT molecular complexity index is 368. The summed E-state index contributed by atoms with van der Waals surface area (Å²) >= 11 is 0. The molecule has 1 aliphatic rings. The quantitative estimate of drug-likeness (QED) is 0.716. The first-order chi connectivity index (χ1) is 7.00. The molecule has 2 rings (SSSR count). The van der Waals surface area contributed by atoms with E-state index in [9.17, 15) is 17.6 Å². The monoisotopic (exact) mass is 219 g/mol. The maximum atomic E-state index is 13.5. The van der Waals surface area contributed by atoms with Crippen LogP contribution in [0.3, 0.4) is 0 Å². The smallest absolute Gasteiger partial charge is 0.310 e. The molecule has 1 aromatic carbocycles. The van der Waals surface area contributed by atoms with E-state index in [1.807, 2.05) is 0 Å². The van der Waals surface area contributed by atoms with Gasteiger partial charge in [-0.3, -0.25) is 0 Å². The number of alkyl halides is 3. The highest BCUT2D eigenvalue weighted by molar-refractivity contribution is 5.31. The van der Waals surface area contributed by atoms with Crippen LogP contribution >= 0.6 is 0 Å². The summed E-state index contributed by atoms with van der Waals surface area (Å²) in [6.07, 6.45) is -3.94. The Morgan fingerprint density at radius 1 is 1.27 bits per heavy atom. The summed E-state index contributed by atoms with van der Waals surface area (Å²) in [5.41, 5.74) is -1.08. The van der Waals surface area contributed by atoms with Crippen LogP contribution in [0.25, 0.3) is 0 Å². The van der Waals surface area contributed by atoms with Crippen molar-refractivity contribution >= 4 is 0 Å². The van der Waals surface area contributed by atoms with E-state index in [1.165, 1.54) is 12.1 Å². The van der Waals surface area contributed by atoms with Crippen molar-refractivity contribution in [2.75, 3.05) is 6.54 Å². The fraction of sp³-hybridized carbons (Fsp3) is 0.400. The molecule has 15 heavy (non-hydrogen) atoms.